The van der Waals surface area contributed by atoms with Gasteiger partial charge in [-0.25, -0.2) is 0 Å². The zero-order valence-electron chi connectivity index (χ0n) is 14.9. The molecule has 3 atom stereocenters. The van der Waals surface area contributed by atoms with Crippen molar-refractivity contribution in [3.05, 3.63) is 24.3 Å². The SMILES string of the molecule is O=C(Nc1ccc(N2CCCCC2)cc1)C1C(=O)N[C@@H]2CCC[C@@H]2C1=O. The molecule has 2 heterocycles. The Balaban J connectivity index is 1.42. The van der Waals surface area contributed by atoms with Crippen molar-refractivity contribution < 1.29 is 14.4 Å². The van der Waals surface area contributed by atoms with E-state index in [1.165, 1.54) is 19.3 Å². The third-order valence-electron chi connectivity index (χ3n) is 5.87. The van der Waals surface area contributed by atoms with E-state index in [4.69, 9.17) is 0 Å². The van der Waals surface area contributed by atoms with Gasteiger partial charge < -0.3 is 15.5 Å². The minimum atomic E-state index is -1.23. The number of hydrogen-bond acceptors (Lipinski definition) is 4. The summed E-state index contributed by atoms with van der Waals surface area (Å²) >= 11 is 0. The van der Waals surface area contributed by atoms with Crippen LogP contribution in [-0.2, 0) is 14.4 Å². The molecule has 4 rings (SSSR count). The van der Waals surface area contributed by atoms with E-state index in [-0.39, 0.29) is 17.7 Å². The summed E-state index contributed by atoms with van der Waals surface area (Å²) < 4.78 is 0. The number of fused-ring (bicyclic) bond motifs is 1. The Morgan fingerprint density at radius 2 is 1.73 bits per heavy atom. The van der Waals surface area contributed by atoms with Gasteiger partial charge >= 0.3 is 0 Å². The standard InChI is InChI=1S/C20H25N3O3/c24-18-15-5-4-6-16(15)22-20(26)17(18)19(25)21-13-7-9-14(10-8-13)23-11-2-1-3-12-23/h7-10,15-17H,1-6,11-12H2,(H,21,25)(H,22,26)/t15-,16+,17?/m0/s1. The maximum atomic E-state index is 12.6. The van der Waals surface area contributed by atoms with Crippen molar-refractivity contribution in [2.75, 3.05) is 23.3 Å². The fourth-order valence-corrected chi connectivity index (χ4v) is 4.45. The first-order valence-electron chi connectivity index (χ1n) is 9.63. The molecule has 3 aliphatic rings. The molecule has 0 bridgehead atoms. The van der Waals surface area contributed by atoms with Gasteiger partial charge in [-0.2, -0.15) is 0 Å². The molecule has 6 heteroatoms. The van der Waals surface area contributed by atoms with E-state index in [1.807, 2.05) is 24.3 Å². The second-order valence-corrected chi connectivity index (χ2v) is 7.57. The molecular weight excluding hydrogens is 330 g/mol. The molecule has 3 fully saturated rings. The molecule has 26 heavy (non-hydrogen) atoms. The van der Waals surface area contributed by atoms with Crippen molar-refractivity contribution in [2.24, 2.45) is 11.8 Å². The number of piperidine rings is 2. The number of hydrogen-bond donors (Lipinski definition) is 2. The number of carbonyl (C=O) groups is 3. The van der Waals surface area contributed by atoms with E-state index >= 15 is 0 Å². The monoisotopic (exact) mass is 355 g/mol. The lowest BCUT2D eigenvalue weighted by atomic mass is 9.84. The summed E-state index contributed by atoms with van der Waals surface area (Å²) in [7, 11) is 0. The second kappa shape index (κ2) is 7.09. The normalized spacial score (nSPS) is 28.5. The highest BCUT2D eigenvalue weighted by Crippen LogP contribution is 2.32. The van der Waals surface area contributed by atoms with Gasteiger partial charge in [-0.3, -0.25) is 14.4 Å². The first-order chi connectivity index (χ1) is 12.6. The van der Waals surface area contributed by atoms with Gasteiger partial charge in [-0.1, -0.05) is 6.42 Å². The van der Waals surface area contributed by atoms with Crippen LogP contribution >= 0.6 is 0 Å². The van der Waals surface area contributed by atoms with Gasteiger partial charge in [0.25, 0.3) is 0 Å². The van der Waals surface area contributed by atoms with Gasteiger partial charge in [0.15, 0.2) is 11.7 Å². The lowest BCUT2D eigenvalue weighted by Crippen LogP contribution is -2.56. The van der Waals surface area contributed by atoms with Crippen LogP contribution in [0, 0.1) is 11.8 Å². The lowest BCUT2D eigenvalue weighted by Gasteiger charge is -2.30. The highest BCUT2D eigenvalue weighted by molar-refractivity contribution is 6.23. The van der Waals surface area contributed by atoms with E-state index in [2.05, 4.69) is 15.5 Å². The Kier molecular flexibility index (Phi) is 4.66. The highest BCUT2D eigenvalue weighted by atomic mass is 16.2. The van der Waals surface area contributed by atoms with Crippen LogP contribution in [0.1, 0.15) is 38.5 Å². The molecule has 0 spiro atoms. The Bertz CT molecular complexity index is 710. The van der Waals surface area contributed by atoms with Gasteiger partial charge in [0, 0.05) is 36.4 Å². The third-order valence-corrected chi connectivity index (χ3v) is 5.87. The number of amides is 2. The number of nitrogens with one attached hydrogen (secondary N) is 2. The third kappa shape index (κ3) is 3.20. The zero-order valence-corrected chi connectivity index (χ0v) is 14.9. The van der Waals surface area contributed by atoms with Crippen LogP contribution < -0.4 is 15.5 Å². The minimum absolute atomic E-state index is 0.0807. The van der Waals surface area contributed by atoms with Crippen molar-refractivity contribution in [2.45, 2.75) is 44.6 Å². The van der Waals surface area contributed by atoms with E-state index < -0.39 is 17.7 Å². The molecule has 2 amide bonds. The van der Waals surface area contributed by atoms with Crippen LogP contribution in [0.5, 0.6) is 0 Å². The number of anilines is 2. The molecule has 2 aliphatic heterocycles. The van der Waals surface area contributed by atoms with Gasteiger partial charge in [0.1, 0.15) is 0 Å². The molecule has 2 N–H and O–H groups in total. The van der Waals surface area contributed by atoms with Crippen molar-refractivity contribution in [3.63, 3.8) is 0 Å². The number of carbonyl (C=O) groups excluding carboxylic acids is 3. The van der Waals surface area contributed by atoms with E-state index in [9.17, 15) is 14.4 Å². The summed E-state index contributed by atoms with van der Waals surface area (Å²) in [4.78, 5) is 39.7. The van der Waals surface area contributed by atoms with Crippen molar-refractivity contribution >= 4 is 29.0 Å². The molecule has 2 saturated heterocycles. The number of ketones is 1. The fraction of sp³-hybridized carbons (Fsp3) is 0.550. The van der Waals surface area contributed by atoms with Crippen LogP contribution in [0.2, 0.25) is 0 Å². The molecule has 1 aromatic carbocycles. The number of benzene rings is 1. The first kappa shape index (κ1) is 17.1. The Morgan fingerprint density at radius 3 is 2.46 bits per heavy atom. The van der Waals surface area contributed by atoms with E-state index in [1.54, 1.807) is 0 Å². The average Bonchev–Trinajstić information content (AvgIpc) is 3.12. The van der Waals surface area contributed by atoms with Gasteiger partial charge in [0.2, 0.25) is 11.8 Å². The quantitative estimate of drug-likeness (QED) is 0.814. The zero-order chi connectivity index (χ0) is 18.1. The van der Waals surface area contributed by atoms with Crippen LogP contribution in [0.15, 0.2) is 24.3 Å². The maximum Gasteiger partial charge on any atom is 0.244 e. The Hall–Kier alpha value is -2.37. The van der Waals surface area contributed by atoms with Crippen LogP contribution in [0.4, 0.5) is 11.4 Å². The molecule has 1 saturated carbocycles. The summed E-state index contributed by atoms with van der Waals surface area (Å²) in [6.45, 7) is 2.12. The summed E-state index contributed by atoms with van der Waals surface area (Å²) in [6.07, 6.45) is 6.21. The number of Topliss-reactive ketones (excluding diaryl/α,β-unsaturated/α-hetero) is 1. The van der Waals surface area contributed by atoms with Gasteiger partial charge in [0.05, 0.1) is 0 Å². The second-order valence-electron chi connectivity index (χ2n) is 7.57. The molecular formula is C20H25N3O3. The number of rotatable bonds is 3. The predicted molar refractivity (Wildman–Crippen MR) is 98.9 cm³/mol. The minimum Gasteiger partial charge on any atom is -0.372 e. The number of nitrogens with zero attached hydrogens (tertiary/aromatic N) is 1. The van der Waals surface area contributed by atoms with Crippen molar-refractivity contribution in [3.8, 4) is 0 Å². The Morgan fingerprint density at radius 1 is 1.00 bits per heavy atom. The van der Waals surface area contributed by atoms with Gasteiger partial charge in [-0.15, -0.1) is 0 Å². The maximum absolute atomic E-state index is 12.6. The van der Waals surface area contributed by atoms with Crippen LogP contribution in [-0.4, -0.2) is 36.7 Å². The molecule has 138 valence electrons. The predicted octanol–water partition coefficient (Wildman–Crippen LogP) is 2.10. The Labute approximate surface area is 153 Å². The van der Waals surface area contributed by atoms with Crippen molar-refractivity contribution in [1.29, 1.82) is 0 Å². The molecule has 1 aromatic rings. The topological polar surface area (TPSA) is 78.5 Å². The summed E-state index contributed by atoms with van der Waals surface area (Å²) in [5, 5.41) is 5.59. The summed E-state index contributed by atoms with van der Waals surface area (Å²) in [5.74, 6) is -2.64. The molecule has 0 aromatic heterocycles. The molecule has 0 radical (unpaired) electrons. The molecule has 6 nitrogen and oxygen atoms in total. The summed E-state index contributed by atoms with van der Waals surface area (Å²) in [5.41, 5.74) is 1.76. The smallest absolute Gasteiger partial charge is 0.244 e. The van der Waals surface area contributed by atoms with E-state index in [0.29, 0.717) is 5.69 Å². The molecule has 1 unspecified atom stereocenters. The molecule has 1 aliphatic carbocycles. The lowest BCUT2D eigenvalue weighted by molar-refractivity contribution is -0.145. The van der Waals surface area contributed by atoms with Crippen molar-refractivity contribution in [1.82, 2.24) is 5.32 Å². The largest absolute Gasteiger partial charge is 0.372 e. The fourth-order valence-electron chi connectivity index (χ4n) is 4.45. The van der Waals surface area contributed by atoms with Crippen LogP contribution in [0.25, 0.3) is 0 Å². The van der Waals surface area contributed by atoms with Crippen LogP contribution in [0.3, 0.4) is 0 Å². The first-order valence-corrected chi connectivity index (χ1v) is 9.63. The average molecular weight is 355 g/mol. The van der Waals surface area contributed by atoms with Gasteiger partial charge in [-0.05, 0) is 56.4 Å². The van der Waals surface area contributed by atoms with E-state index in [0.717, 1.165) is 38.0 Å². The summed E-state index contributed by atoms with van der Waals surface area (Å²) in [6, 6.07) is 7.56. The highest BCUT2D eigenvalue weighted by Gasteiger charge is 2.48.